The van der Waals surface area contributed by atoms with Crippen molar-refractivity contribution >= 4 is 29.2 Å². The van der Waals surface area contributed by atoms with Gasteiger partial charge in [-0.3, -0.25) is 4.79 Å². The molecule has 0 spiro atoms. The zero-order valence-corrected chi connectivity index (χ0v) is 17.6. The maximum absolute atomic E-state index is 13.8. The van der Waals surface area contributed by atoms with E-state index >= 15 is 0 Å². The smallest absolute Gasteiger partial charge is 0.436 e. The lowest BCUT2D eigenvalue weighted by molar-refractivity contribution is -0.144. The average Bonchev–Trinajstić information content (AvgIpc) is 3.14. The van der Waals surface area contributed by atoms with Gasteiger partial charge in [0.15, 0.2) is 11.4 Å². The first-order valence-corrected chi connectivity index (χ1v) is 9.51. The molecule has 0 bridgehead atoms. The fraction of sp³-hybridized carbons (Fsp3) is 0.222. The fourth-order valence-corrected chi connectivity index (χ4v) is 3.05. The van der Waals surface area contributed by atoms with E-state index in [1.54, 1.807) is 0 Å². The highest BCUT2D eigenvalue weighted by atomic mass is 35.5. The second-order valence-corrected chi connectivity index (χ2v) is 7.03. The van der Waals surface area contributed by atoms with Crippen molar-refractivity contribution in [3.63, 3.8) is 0 Å². The van der Waals surface area contributed by atoms with Crippen molar-refractivity contribution < 1.29 is 35.9 Å². The van der Waals surface area contributed by atoms with E-state index in [4.69, 9.17) is 23.2 Å². The van der Waals surface area contributed by atoms with Gasteiger partial charge >= 0.3 is 18.3 Å². The third-order valence-corrected chi connectivity index (χ3v) is 4.87. The van der Waals surface area contributed by atoms with Crippen LogP contribution in [-0.2, 0) is 17.1 Å². The number of benzene rings is 1. The Kier molecular flexibility index (Phi) is 6.48. The minimum Gasteiger partial charge on any atom is -0.462 e. The van der Waals surface area contributed by atoms with Crippen LogP contribution in [0.5, 0.6) is 0 Å². The van der Waals surface area contributed by atoms with Crippen molar-refractivity contribution in [2.75, 3.05) is 6.61 Å². The molecule has 2 aromatic heterocycles. The van der Waals surface area contributed by atoms with E-state index in [2.05, 4.69) is 14.9 Å². The number of alkyl halides is 6. The zero-order valence-electron chi connectivity index (χ0n) is 16.1. The van der Waals surface area contributed by atoms with Gasteiger partial charge < -0.3 is 4.74 Å². The summed E-state index contributed by atoms with van der Waals surface area (Å²) in [5, 5.41) is 6.26. The molecule has 0 atom stereocenters. The molecule has 0 saturated heterocycles. The second-order valence-electron chi connectivity index (χ2n) is 6.24. The van der Waals surface area contributed by atoms with Gasteiger partial charge in [0.25, 0.3) is 5.56 Å². The molecule has 0 unspecified atom stereocenters. The van der Waals surface area contributed by atoms with E-state index in [1.807, 2.05) is 0 Å². The van der Waals surface area contributed by atoms with Crippen LogP contribution in [0, 0.1) is 0 Å². The Morgan fingerprint density at radius 2 is 1.55 bits per heavy atom. The second kappa shape index (κ2) is 8.71. The van der Waals surface area contributed by atoms with Crippen LogP contribution in [0.3, 0.4) is 0 Å². The Hall–Kier alpha value is -3.06. The van der Waals surface area contributed by atoms with Gasteiger partial charge in [-0.15, -0.1) is 0 Å². The molecular weight excluding hydrogens is 505 g/mol. The average molecular weight is 515 g/mol. The molecule has 0 N–H and O–H groups in total. The number of aromatic nitrogens is 4. The van der Waals surface area contributed by atoms with Crippen LogP contribution in [-0.4, -0.2) is 32.1 Å². The number of esters is 1. The largest absolute Gasteiger partial charge is 0.462 e. The summed E-state index contributed by atoms with van der Waals surface area (Å²) in [6, 6.07) is 4.08. The van der Waals surface area contributed by atoms with Gasteiger partial charge in [-0.2, -0.15) is 41.2 Å². The van der Waals surface area contributed by atoms with Crippen molar-refractivity contribution in [1.82, 2.24) is 19.6 Å². The molecule has 3 aromatic rings. The summed E-state index contributed by atoms with van der Waals surface area (Å²) in [7, 11) is 0. The molecule has 0 amide bonds. The monoisotopic (exact) mass is 514 g/mol. The van der Waals surface area contributed by atoms with Crippen LogP contribution in [0.2, 0.25) is 10.0 Å². The third kappa shape index (κ3) is 4.69. The fourth-order valence-electron chi connectivity index (χ4n) is 2.79. The summed E-state index contributed by atoms with van der Waals surface area (Å²) in [5.74, 6) is -1.83. The number of hydrogen-bond acceptors (Lipinski definition) is 5. The van der Waals surface area contributed by atoms with Gasteiger partial charge in [-0.05, 0) is 31.2 Å². The molecule has 2 heterocycles. The lowest BCUT2D eigenvalue weighted by Gasteiger charge is -2.13. The Balaban J connectivity index is 2.22. The Morgan fingerprint density at radius 1 is 1.00 bits per heavy atom. The predicted octanol–water partition coefficient (Wildman–Crippen LogP) is 4.94. The van der Waals surface area contributed by atoms with Crippen molar-refractivity contribution in [2.24, 2.45) is 0 Å². The molecule has 3 rings (SSSR count). The summed E-state index contributed by atoms with van der Waals surface area (Å²) in [5.41, 5.74) is -7.09. The highest BCUT2D eigenvalue weighted by molar-refractivity contribution is 6.41. The van der Waals surface area contributed by atoms with Crippen LogP contribution < -0.4 is 5.56 Å². The molecule has 176 valence electrons. The zero-order chi connectivity index (χ0) is 24.7. The first kappa shape index (κ1) is 24.6. The summed E-state index contributed by atoms with van der Waals surface area (Å²) >= 11 is 11.4. The Labute approximate surface area is 190 Å². The highest BCUT2D eigenvalue weighted by Crippen LogP contribution is 2.40. The van der Waals surface area contributed by atoms with Crippen molar-refractivity contribution in [3.05, 3.63) is 67.8 Å². The van der Waals surface area contributed by atoms with Gasteiger partial charge in [-0.1, -0.05) is 23.2 Å². The molecule has 0 radical (unpaired) electrons. The van der Waals surface area contributed by atoms with Crippen molar-refractivity contribution in [1.29, 1.82) is 0 Å². The standard InChI is InChI=1S/C18H10Cl2F6N4O3/c1-2-33-16(32)11-13(17(21,22)23)28-29(14(11)18(24,25)26)8-3-5-9(6-4-8)30-15(31)12(20)10(19)7-27-30/h3-7H,2H2,1H3. The lowest BCUT2D eigenvalue weighted by atomic mass is 10.1. The normalized spacial score (nSPS) is 12.2. The quantitative estimate of drug-likeness (QED) is 0.364. The minimum atomic E-state index is -5.40. The molecule has 0 saturated carbocycles. The number of carbonyl (C=O) groups is 1. The van der Waals surface area contributed by atoms with Gasteiger partial charge in [0, 0.05) is 0 Å². The van der Waals surface area contributed by atoms with Crippen LogP contribution in [0.1, 0.15) is 28.7 Å². The van der Waals surface area contributed by atoms with Crippen LogP contribution in [0.4, 0.5) is 26.3 Å². The first-order chi connectivity index (χ1) is 15.3. The summed E-state index contributed by atoms with van der Waals surface area (Å²) < 4.78 is 86.7. The molecule has 1 aromatic carbocycles. The van der Waals surface area contributed by atoms with E-state index in [0.717, 1.165) is 35.1 Å². The van der Waals surface area contributed by atoms with E-state index in [-0.39, 0.29) is 20.4 Å². The number of nitrogens with zero attached hydrogens (tertiary/aromatic N) is 4. The number of halogens is 8. The van der Waals surface area contributed by atoms with E-state index in [9.17, 15) is 35.9 Å². The third-order valence-electron chi connectivity index (χ3n) is 4.12. The maximum atomic E-state index is 13.8. The molecule has 0 fully saturated rings. The predicted molar refractivity (Wildman–Crippen MR) is 103 cm³/mol. The summed E-state index contributed by atoms with van der Waals surface area (Å²) in [6.45, 7) is 0.763. The molecule has 0 aliphatic carbocycles. The highest BCUT2D eigenvalue weighted by Gasteiger charge is 2.49. The Morgan fingerprint density at radius 3 is 2.03 bits per heavy atom. The Bertz CT molecular complexity index is 1270. The topological polar surface area (TPSA) is 79.0 Å². The molecule has 33 heavy (non-hydrogen) atoms. The molecular formula is C18H10Cl2F6N4O3. The molecule has 7 nitrogen and oxygen atoms in total. The van der Waals surface area contributed by atoms with E-state index in [0.29, 0.717) is 0 Å². The number of rotatable bonds is 4. The van der Waals surface area contributed by atoms with Gasteiger partial charge in [0.05, 0.1) is 29.2 Å². The summed E-state index contributed by atoms with van der Waals surface area (Å²) in [4.78, 5) is 24.2. The molecule has 15 heteroatoms. The van der Waals surface area contributed by atoms with Gasteiger partial charge in [0.2, 0.25) is 0 Å². The van der Waals surface area contributed by atoms with E-state index < -0.39 is 53.1 Å². The number of carbonyl (C=O) groups excluding carboxylic acids is 1. The van der Waals surface area contributed by atoms with Crippen molar-refractivity contribution in [2.45, 2.75) is 19.3 Å². The first-order valence-electron chi connectivity index (χ1n) is 8.76. The molecule has 0 aliphatic rings. The number of hydrogen-bond donors (Lipinski definition) is 0. The minimum absolute atomic E-state index is 0.0182. The lowest BCUT2D eigenvalue weighted by Crippen LogP contribution is -2.21. The van der Waals surface area contributed by atoms with Crippen molar-refractivity contribution in [3.8, 4) is 11.4 Å². The van der Waals surface area contributed by atoms with Gasteiger partial charge in [-0.25, -0.2) is 9.48 Å². The molecule has 0 aliphatic heterocycles. The number of ether oxygens (including phenoxy) is 1. The van der Waals surface area contributed by atoms with Crippen LogP contribution in [0.15, 0.2) is 35.3 Å². The van der Waals surface area contributed by atoms with E-state index in [1.165, 1.54) is 6.92 Å². The SMILES string of the molecule is CCOC(=O)c1c(C(F)(F)F)nn(-c2ccc(-n3ncc(Cl)c(Cl)c3=O)cc2)c1C(F)(F)F. The van der Waals surface area contributed by atoms with Crippen LogP contribution in [0.25, 0.3) is 11.4 Å². The maximum Gasteiger partial charge on any atom is 0.436 e. The van der Waals surface area contributed by atoms with Crippen LogP contribution >= 0.6 is 23.2 Å². The summed E-state index contributed by atoms with van der Waals surface area (Å²) in [6.07, 6.45) is -9.74. The van der Waals surface area contributed by atoms with Gasteiger partial charge in [0.1, 0.15) is 10.6 Å².